The van der Waals surface area contributed by atoms with Gasteiger partial charge in [0.25, 0.3) is 5.56 Å². The molecule has 2 aliphatic rings. The predicted octanol–water partition coefficient (Wildman–Crippen LogP) is 2.51. The number of methoxy groups -OCH3 is 1. The molecule has 0 radical (unpaired) electrons. The third-order valence-electron chi connectivity index (χ3n) is 5.12. The van der Waals surface area contributed by atoms with E-state index in [0.29, 0.717) is 37.0 Å². The van der Waals surface area contributed by atoms with Gasteiger partial charge in [0.2, 0.25) is 0 Å². The minimum Gasteiger partial charge on any atom is -0.495 e. The van der Waals surface area contributed by atoms with Crippen molar-refractivity contribution in [1.29, 1.82) is 0 Å². The second kappa shape index (κ2) is 6.27. The second-order valence-electron chi connectivity index (χ2n) is 6.73. The molecule has 6 heteroatoms. The van der Waals surface area contributed by atoms with Gasteiger partial charge in [-0.15, -0.1) is 0 Å². The van der Waals surface area contributed by atoms with Gasteiger partial charge in [-0.3, -0.25) is 4.79 Å². The maximum atomic E-state index is 12.7. The van der Waals surface area contributed by atoms with Crippen molar-refractivity contribution in [2.45, 2.75) is 18.9 Å². The summed E-state index contributed by atoms with van der Waals surface area (Å²) >= 11 is 0. The number of amides is 2. The van der Waals surface area contributed by atoms with E-state index in [1.165, 1.54) is 0 Å². The Hall–Kier alpha value is -2.76. The number of pyridine rings is 1. The van der Waals surface area contributed by atoms with Crippen molar-refractivity contribution in [3.05, 3.63) is 58.5 Å². The van der Waals surface area contributed by atoms with Crippen LogP contribution in [0.4, 0.5) is 10.5 Å². The van der Waals surface area contributed by atoms with E-state index in [1.807, 2.05) is 45.9 Å². The summed E-state index contributed by atoms with van der Waals surface area (Å²) in [6.45, 7) is 1.98. The third-order valence-corrected chi connectivity index (χ3v) is 5.12. The minimum absolute atomic E-state index is 0.0547. The number of urea groups is 1. The zero-order chi connectivity index (χ0) is 17.4. The molecule has 1 aromatic carbocycles. The fourth-order valence-electron chi connectivity index (χ4n) is 4.00. The molecule has 1 saturated heterocycles. The van der Waals surface area contributed by atoms with Crippen LogP contribution in [-0.2, 0) is 6.54 Å². The van der Waals surface area contributed by atoms with Gasteiger partial charge in [0.1, 0.15) is 5.75 Å². The first-order valence-corrected chi connectivity index (χ1v) is 8.54. The lowest BCUT2D eigenvalue weighted by molar-refractivity contribution is 0.139. The Bertz CT molecular complexity index is 861. The molecule has 2 bridgehead atoms. The van der Waals surface area contributed by atoms with Gasteiger partial charge in [-0.25, -0.2) is 4.79 Å². The Morgan fingerprint density at radius 1 is 1.12 bits per heavy atom. The summed E-state index contributed by atoms with van der Waals surface area (Å²) < 4.78 is 7.17. The number of aromatic nitrogens is 1. The van der Waals surface area contributed by atoms with Crippen LogP contribution in [-0.4, -0.2) is 35.7 Å². The number of benzene rings is 1. The van der Waals surface area contributed by atoms with Crippen LogP contribution in [0.3, 0.4) is 0 Å². The molecule has 130 valence electrons. The molecule has 6 nitrogen and oxygen atoms in total. The summed E-state index contributed by atoms with van der Waals surface area (Å²) in [4.78, 5) is 26.7. The van der Waals surface area contributed by atoms with Gasteiger partial charge in [-0.2, -0.15) is 0 Å². The summed E-state index contributed by atoms with van der Waals surface area (Å²) in [5.41, 5.74) is 1.76. The van der Waals surface area contributed by atoms with Crippen LogP contribution in [0.1, 0.15) is 18.0 Å². The smallest absolute Gasteiger partial charge is 0.321 e. The van der Waals surface area contributed by atoms with Crippen LogP contribution in [0, 0.1) is 5.92 Å². The highest BCUT2D eigenvalue weighted by Gasteiger charge is 2.36. The monoisotopic (exact) mass is 339 g/mol. The first-order chi connectivity index (χ1) is 12.2. The van der Waals surface area contributed by atoms with Crippen LogP contribution in [0.15, 0.2) is 47.3 Å². The molecule has 0 aliphatic carbocycles. The Labute approximate surface area is 146 Å². The zero-order valence-electron chi connectivity index (χ0n) is 14.1. The van der Waals surface area contributed by atoms with Crippen molar-refractivity contribution in [3.63, 3.8) is 0 Å². The Kier molecular flexibility index (Phi) is 3.95. The van der Waals surface area contributed by atoms with E-state index < -0.39 is 0 Å². The molecule has 1 fully saturated rings. The summed E-state index contributed by atoms with van der Waals surface area (Å²) in [6.07, 6.45) is 1.03. The van der Waals surface area contributed by atoms with E-state index in [2.05, 4.69) is 5.32 Å². The highest BCUT2D eigenvalue weighted by Crippen LogP contribution is 2.35. The highest BCUT2D eigenvalue weighted by molar-refractivity contribution is 5.91. The average Bonchev–Trinajstić information content (AvgIpc) is 2.63. The van der Waals surface area contributed by atoms with Crippen molar-refractivity contribution >= 4 is 11.7 Å². The molecule has 2 aromatic rings. The highest BCUT2D eigenvalue weighted by atomic mass is 16.5. The number of carbonyl (C=O) groups is 1. The van der Waals surface area contributed by atoms with Crippen molar-refractivity contribution < 1.29 is 9.53 Å². The number of carbonyl (C=O) groups excluding carboxylic acids is 1. The molecule has 2 aliphatic heterocycles. The van der Waals surface area contributed by atoms with Crippen LogP contribution in [0.2, 0.25) is 0 Å². The predicted molar refractivity (Wildman–Crippen MR) is 95.1 cm³/mol. The Morgan fingerprint density at radius 2 is 1.96 bits per heavy atom. The SMILES string of the molecule is COc1ccccc1NC(=O)N1CC2C[C@@H](C1)Cn1c2cccc1=O. The Morgan fingerprint density at radius 3 is 2.80 bits per heavy atom. The van der Waals surface area contributed by atoms with Gasteiger partial charge in [0.05, 0.1) is 12.8 Å². The quantitative estimate of drug-likeness (QED) is 0.914. The molecule has 0 saturated carbocycles. The molecule has 2 atom stereocenters. The molecule has 1 N–H and O–H groups in total. The topological polar surface area (TPSA) is 63.6 Å². The molecular formula is C19H21N3O3. The number of hydrogen-bond donors (Lipinski definition) is 1. The van der Waals surface area contributed by atoms with E-state index in [-0.39, 0.29) is 17.5 Å². The molecule has 25 heavy (non-hydrogen) atoms. The first kappa shape index (κ1) is 15.7. The molecule has 2 amide bonds. The van der Waals surface area contributed by atoms with Crippen molar-refractivity contribution in [2.75, 3.05) is 25.5 Å². The number of para-hydroxylation sites is 2. The van der Waals surface area contributed by atoms with Gasteiger partial charge in [-0.05, 0) is 30.5 Å². The van der Waals surface area contributed by atoms with E-state index in [9.17, 15) is 9.59 Å². The second-order valence-corrected chi connectivity index (χ2v) is 6.73. The fraction of sp³-hybridized carbons (Fsp3) is 0.368. The van der Waals surface area contributed by atoms with E-state index >= 15 is 0 Å². The third kappa shape index (κ3) is 2.88. The van der Waals surface area contributed by atoms with Crippen molar-refractivity contribution in [3.8, 4) is 5.75 Å². The van der Waals surface area contributed by atoms with Gasteiger partial charge in [0.15, 0.2) is 0 Å². The lowest BCUT2D eigenvalue weighted by Crippen LogP contribution is -2.50. The summed E-state index contributed by atoms with van der Waals surface area (Å²) in [7, 11) is 1.59. The zero-order valence-corrected chi connectivity index (χ0v) is 14.1. The molecule has 4 rings (SSSR count). The van der Waals surface area contributed by atoms with Gasteiger partial charge >= 0.3 is 6.03 Å². The number of fused-ring (bicyclic) bond motifs is 4. The normalized spacial score (nSPS) is 21.4. The first-order valence-electron chi connectivity index (χ1n) is 8.54. The summed E-state index contributed by atoms with van der Waals surface area (Å²) in [5.74, 6) is 1.17. The lowest BCUT2D eigenvalue weighted by Gasteiger charge is -2.42. The maximum Gasteiger partial charge on any atom is 0.321 e. The maximum absolute atomic E-state index is 12.7. The van der Waals surface area contributed by atoms with Gasteiger partial charge in [-0.1, -0.05) is 18.2 Å². The van der Waals surface area contributed by atoms with Crippen LogP contribution in [0.25, 0.3) is 0 Å². The number of nitrogens with one attached hydrogen (secondary N) is 1. The molecule has 1 unspecified atom stereocenters. The van der Waals surface area contributed by atoms with Gasteiger partial charge in [0, 0.05) is 37.3 Å². The number of piperidine rings is 1. The number of nitrogens with zero attached hydrogens (tertiary/aromatic N) is 2. The van der Waals surface area contributed by atoms with Crippen LogP contribution >= 0.6 is 0 Å². The Balaban J connectivity index is 1.54. The van der Waals surface area contributed by atoms with Crippen molar-refractivity contribution in [1.82, 2.24) is 9.47 Å². The fourth-order valence-corrected chi connectivity index (χ4v) is 4.00. The van der Waals surface area contributed by atoms with Crippen molar-refractivity contribution in [2.24, 2.45) is 5.92 Å². The number of ether oxygens (including phenoxy) is 1. The number of likely N-dealkylation sites (tertiary alicyclic amines) is 1. The van der Waals surface area contributed by atoms with Crippen LogP contribution < -0.4 is 15.6 Å². The summed E-state index contributed by atoms with van der Waals surface area (Å²) in [5, 5.41) is 2.95. The standard InChI is InChI=1S/C19H21N3O3/c1-25-17-7-3-2-5-15(17)20-19(24)21-10-13-9-14(12-21)16-6-4-8-18(23)22(16)11-13/h2-8,13-14H,9-12H2,1H3,(H,20,24)/t13-,14?/m0/s1. The minimum atomic E-state index is -0.120. The number of hydrogen-bond acceptors (Lipinski definition) is 3. The number of anilines is 1. The largest absolute Gasteiger partial charge is 0.495 e. The van der Waals surface area contributed by atoms with Gasteiger partial charge < -0.3 is 19.5 Å². The van der Waals surface area contributed by atoms with E-state index in [4.69, 9.17) is 4.74 Å². The van der Waals surface area contributed by atoms with Crippen LogP contribution in [0.5, 0.6) is 5.75 Å². The molecule has 1 aromatic heterocycles. The molecule has 0 spiro atoms. The van der Waals surface area contributed by atoms with E-state index in [1.54, 1.807) is 13.2 Å². The summed E-state index contributed by atoms with van der Waals surface area (Å²) in [6, 6.07) is 12.7. The molecular weight excluding hydrogens is 318 g/mol. The lowest BCUT2D eigenvalue weighted by atomic mass is 9.83. The molecule has 3 heterocycles. The average molecular weight is 339 g/mol. The number of rotatable bonds is 2. The van der Waals surface area contributed by atoms with E-state index in [0.717, 1.165) is 12.1 Å².